The van der Waals surface area contributed by atoms with Gasteiger partial charge in [0.2, 0.25) is 0 Å². The van der Waals surface area contributed by atoms with Gasteiger partial charge in [-0.05, 0) is 34.1 Å². The molecule has 0 saturated heterocycles. The number of nitrogens with one attached hydrogen (secondary N) is 2. The minimum Gasteiger partial charge on any atom is -0.444 e. The fourth-order valence-electron chi connectivity index (χ4n) is 1.68. The van der Waals surface area contributed by atoms with Gasteiger partial charge in [-0.2, -0.15) is 0 Å². The lowest BCUT2D eigenvalue weighted by atomic mass is 10.2. The molecule has 6 heteroatoms. The predicted octanol–water partition coefficient (Wildman–Crippen LogP) is 2.37. The molecule has 0 saturated carbocycles. The maximum atomic E-state index is 12.1. The Balaban J connectivity index is 4.54. The zero-order chi connectivity index (χ0) is 17.0. The molecule has 0 aromatic carbocycles. The summed E-state index contributed by atoms with van der Waals surface area (Å²) in [6.07, 6.45) is 2.38. The van der Waals surface area contributed by atoms with Crippen molar-refractivity contribution in [3.63, 3.8) is 0 Å². The fourth-order valence-corrected chi connectivity index (χ4v) is 1.68. The molecule has 0 spiro atoms. The minimum absolute atomic E-state index is 0.284. The number of hydrogen-bond donors (Lipinski definition) is 2. The molecule has 0 aliphatic rings. The summed E-state index contributed by atoms with van der Waals surface area (Å²) < 4.78 is 5.42. The number of hydrogen-bond acceptors (Lipinski definition) is 3. The molecule has 6 nitrogen and oxygen atoms in total. The highest BCUT2D eigenvalue weighted by Crippen LogP contribution is 2.10. The minimum atomic E-state index is -0.479. The van der Waals surface area contributed by atoms with Gasteiger partial charge >= 0.3 is 6.09 Å². The maximum Gasteiger partial charge on any atom is 0.410 e. The van der Waals surface area contributed by atoms with Crippen LogP contribution in [0.15, 0.2) is 17.6 Å². The Labute approximate surface area is 135 Å². The van der Waals surface area contributed by atoms with Gasteiger partial charge in [0.05, 0.1) is 6.54 Å². The zero-order valence-corrected chi connectivity index (χ0v) is 14.7. The van der Waals surface area contributed by atoms with Crippen LogP contribution in [0.1, 0.15) is 41.0 Å². The van der Waals surface area contributed by atoms with E-state index >= 15 is 0 Å². The van der Waals surface area contributed by atoms with Gasteiger partial charge in [-0.25, -0.2) is 4.79 Å². The summed E-state index contributed by atoms with van der Waals surface area (Å²) in [4.78, 5) is 18.3. The summed E-state index contributed by atoms with van der Waals surface area (Å²) in [7, 11) is 0. The van der Waals surface area contributed by atoms with E-state index in [1.165, 1.54) is 0 Å². The van der Waals surface area contributed by atoms with Crippen LogP contribution < -0.4 is 10.6 Å². The van der Waals surface area contributed by atoms with Crippen molar-refractivity contribution in [2.75, 3.05) is 32.7 Å². The van der Waals surface area contributed by atoms with Crippen molar-refractivity contribution in [3.05, 3.63) is 12.7 Å². The molecular weight excluding hydrogens is 280 g/mol. The monoisotopic (exact) mass is 312 g/mol. The van der Waals surface area contributed by atoms with E-state index in [1.807, 2.05) is 34.6 Å². The summed E-state index contributed by atoms with van der Waals surface area (Å²) >= 11 is 0. The lowest BCUT2D eigenvalue weighted by Gasteiger charge is -2.26. The molecular formula is C16H32N4O2. The van der Waals surface area contributed by atoms with Crippen LogP contribution in [0.4, 0.5) is 4.79 Å². The number of rotatable bonds is 8. The third-order valence-electron chi connectivity index (χ3n) is 2.54. The van der Waals surface area contributed by atoms with Crippen LogP contribution in [-0.4, -0.2) is 55.3 Å². The standard InChI is InChI=1S/C16H32N4O2/c1-7-10-18-14(17-9-3)19-11-13-20(12-8-2)15(21)22-16(4,5)6/h7H,1,8-13H2,2-6H3,(H2,17,18,19). The Morgan fingerprint density at radius 2 is 1.95 bits per heavy atom. The first-order chi connectivity index (χ1) is 10.3. The van der Waals surface area contributed by atoms with E-state index in [1.54, 1.807) is 11.0 Å². The van der Waals surface area contributed by atoms with Crippen LogP contribution >= 0.6 is 0 Å². The first-order valence-electron chi connectivity index (χ1n) is 7.95. The molecule has 0 aromatic heterocycles. The molecule has 0 aliphatic heterocycles. The second-order valence-corrected chi connectivity index (χ2v) is 5.90. The van der Waals surface area contributed by atoms with E-state index in [4.69, 9.17) is 4.74 Å². The van der Waals surface area contributed by atoms with Crippen molar-refractivity contribution < 1.29 is 9.53 Å². The maximum absolute atomic E-state index is 12.1. The second-order valence-electron chi connectivity index (χ2n) is 5.90. The van der Waals surface area contributed by atoms with E-state index < -0.39 is 5.60 Å². The van der Waals surface area contributed by atoms with E-state index in [-0.39, 0.29) is 6.09 Å². The van der Waals surface area contributed by atoms with Gasteiger partial charge in [0.15, 0.2) is 5.96 Å². The normalized spacial score (nSPS) is 11.8. The topological polar surface area (TPSA) is 66.0 Å². The summed E-state index contributed by atoms with van der Waals surface area (Å²) in [6.45, 7) is 16.5. The number of aliphatic imine (C=N–C) groups is 1. The molecule has 0 aromatic rings. The lowest BCUT2D eigenvalue weighted by molar-refractivity contribution is 0.0256. The molecule has 22 heavy (non-hydrogen) atoms. The highest BCUT2D eigenvalue weighted by Gasteiger charge is 2.21. The van der Waals surface area contributed by atoms with Crippen molar-refractivity contribution >= 4 is 12.1 Å². The zero-order valence-electron chi connectivity index (χ0n) is 14.7. The quantitative estimate of drug-likeness (QED) is 0.410. The number of carbonyl (C=O) groups excluding carboxylic acids is 1. The third kappa shape index (κ3) is 10.1. The van der Waals surface area contributed by atoms with E-state index in [9.17, 15) is 4.79 Å². The summed E-state index contributed by atoms with van der Waals surface area (Å²) in [5, 5.41) is 6.28. The van der Waals surface area contributed by atoms with Crippen LogP contribution in [0.5, 0.6) is 0 Å². The predicted molar refractivity (Wildman–Crippen MR) is 92.3 cm³/mol. The lowest BCUT2D eigenvalue weighted by Crippen LogP contribution is -2.40. The third-order valence-corrected chi connectivity index (χ3v) is 2.54. The number of ether oxygens (including phenoxy) is 1. The fraction of sp³-hybridized carbons (Fsp3) is 0.750. The molecule has 0 atom stereocenters. The highest BCUT2D eigenvalue weighted by atomic mass is 16.6. The highest BCUT2D eigenvalue weighted by molar-refractivity contribution is 5.79. The Morgan fingerprint density at radius 3 is 2.45 bits per heavy atom. The van der Waals surface area contributed by atoms with Crippen LogP contribution in [0.25, 0.3) is 0 Å². The molecule has 0 heterocycles. The van der Waals surface area contributed by atoms with Gasteiger partial charge in [-0.3, -0.25) is 4.99 Å². The summed E-state index contributed by atoms with van der Waals surface area (Å²) in [6, 6.07) is 0. The van der Waals surface area contributed by atoms with E-state index in [0.717, 1.165) is 18.9 Å². The first-order valence-corrected chi connectivity index (χ1v) is 7.95. The number of nitrogens with zero attached hydrogens (tertiary/aromatic N) is 2. The molecule has 0 aliphatic carbocycles. The second kappa shape index (κ2) is 10.9. The van der Waals surface area contributed by atoms with Crippen molar-refractivity contribution in [1.29, 1.82) is 0 Å². The molecule has 0 radical (unpaired) electrons. The summed E-state index contributed by atoms with van der Waals surface area (Å²) in [5.74, 6) is 0.725. The van der Waals surface area contributed by atoms with Crippen LogP contribution in [0, 0.1) is 0 Å². The SMILES string of the molecule is C=CCNC(=NCCN(CCC)C(=O)OC(C)(C)C)NCC. The van der Waals surface area contributed by atoms with Crippen molar-refractivity contribution in [2.24, 2.45) is 4.99 Å². The Bertz CT molecular complexity index is 362. The smallest absolute Gasteiger partial charge is 0.410 e. The molecule has 128 valence electrons. The van der Waals surface area contributed by atoms with Gasteiger partial charge in [0, 0.05) is 26.2 Å². The van der Waals surface area contributed by atoms with Crippen LogP contribution in [0.3, 0.4) is 0 Å². The Hall–Kier alpha value is -1.72. The number of amides is 1. The molecule has 0 fully saturated rings. The molecule has 0 bridgehead atoms. The van der Waals surface area contributed by atoms with E-state index in [0.29, 0.717) is 26.2 Å². The van der Waals surface area contributed by atoms with Gasteiger partial charge in [0.1, 0.15) is 5.60 Å². The molecule has 2 N–H and O–H groups in total. The van der Waals surface area contributed by atoms with Gasteiger partial charge in [-0.1, -0.05) is 13.0 Å². The molecule has 1 amide bonds. The van der Waals surface area contributed by atoms with Gasteiger partial charge in [-0.15, -0.1) is 6.58 Å². The Kier molecular flexibility index (Phi) is 10.1. The average Bonchev–Trinajstić information content (AvgIpc) is 2.41. The largest absolute Gasteiger partial charge is 0.444 e. The van der Waals surface area contributed by atoms with Crippen molar-refractivity contribution in [3.8, 4) is 0 Å². The first kappa shape index (κ1) is 20.3. The van der Waals surface area contributed by atoms with Crippen LogP contribution in [-0.2, 0) is 4.74 Å². The van der Waals surface area contributed by atoms with Crippen LogP contribution in [0.2, 0.25) is 0 Å². The van der Waals surface area contributed by atoms with E-state index in [2.05, 4.69) is 22.2 Å². The molecule has 0 rings (SSSR count). The number of guanidine groups is 1. The van der Waals surface area contributed by atoms with Crippen molar-refractivity contribution in [1.82, 2.24) is 15.5 Å². The van der Waals surface area contributed by atoms with Gasteiger partial charge in [0.25, 0.3) is 0 Å². The Morgan fingerprint density at radius 1 is 1.27 bits per heavy atom. The van der Waals surface area contributed by atoms with Crippen molar-refractivity contribution in [2.45, 2.75) is 46.6 Å². The number of carbonyl (C=O) groups is 1. The average molecular weight is 312 g/mol. The molecule has 0 unspecified atom stereocenters. The van der Waals surface area contributed by atoms with Gasteiger partial charge < -0.3 is 20.3 Å². The summed E-state index contributed by atoms with van der Waals surface area (Å²) in [5.41, 5.74) is -0.479.